The number of amides is 1. The Kier molecular flexibility index (Phi) is 4.55. The van der Waals surface area contributed by atoms with Crippen LogP contribution in [0.2, 0.25) is 0 Å². The number of rotatable bonds is 5. The fourth-order valence-electron chi connectivity index (χ4n) is 3.35. The van der Waals surface area contributed by atoms with Crippen LogP contribution >= 0.6 is 0 Å². The molecule has 1 aliphatic rings. The van der Waals surface area contributed by atoms with Gasteiger partial charge in [0.25, 0.3) is 0 Å². The molecule has 3 aromatic rings. The molecule has 0 spiro atoms. The van der Waals surface area contributed by atoms with Crippen LogP contribution in [-0.4, -0.2) is 31.6 Å². The SMILES string of the molecule is CC(=O)Nc1cc2c(-c3cc(C)nc(C(C)(F)F)n3)cn(CC3CC3F)c2cn1. The molecule has 0 aliphatic heterocycles. The summed E-state index contributed by atoms with van der Waals surface area (Å²) in [5.41, 5.74) is 2.07. The van der Waals surface area contributed by atoms with E-state index in [9.17, 15) is 18.0 Å². The standard InChI is InChI=1S/C20H20F3N5O/c1-10-4-16(27-19(25-10)20(3,22)23)14-9-28(8-12-5-15(12)21)17-7-24-18(6-13(14)17)26-11(2)29/h4,6-7,9,12,15H,5,8H2,1-3H3,(H,24,26,29). The van der Waals surface area contributed by atoms with Crippen LogP contribution in [0.15, 0.2) is 24.5 Å². The van der Waals surface area contributed by atoms with Crippen LogP contribution in [0.1, 0.15) is 31.8 Å². The summed E-state index contributed by atoms with van der Waals surface area (Å²) < 4.78 is 43.0. The summed E-state index contributed by atoms with van der Waals surface area (Å²) in [6.07, 6.45) is 3.04. The fourth-order valence-corrected chi connectivity index (χ4v) is 3.35. The molecule has 1 fully saturated rings. The molecule has 0 aromatic carbocycles. The van der Waals surface area contributed by atoms with E-state index in [4.69, 9.17) is 0 Å². The zero-order chi connectivity index (χ0) is 20.9. The van der Waals surface area contributed by atoms with E-state index in [0.29, 0.717) is 46.6 Å². The molecule has 2 unspecified atom stereocenters. The first-order valence-electron chi connectivity index (χ1n) is 9.26. The van der Waals surface area contributed by atoms with Gasteiger partial charge in [-0.1, -0.05) is 0 Å². The quantitative estimate of drug-likeness (QED) is 0.692. The van der Waals surface area contributed by atoms with Gasteiger partial charge in [-0.3, -0.25) is 4.79 Å². The van der Waals surface area contributed by atoms with Gasteiger partial charge in [-0.15, -0.1) is 0 Å². The Labute approximate surface area is 165 Å². The summed E-state index contributed by atoms with van der Waals surface area (Å²) in [5.74, 6) is -3.75. The molecule has 3 aromatic heterocycles. The maximum atomic E-state index is 13.9. The molecule has 2 atom stereocenters. The molecule has 9 heteroatoms. The third-order valence-electron chi connectivity index (χ3n) is 4.86. The van der Waals surface area contributed by atoms with Crippen molar-refractivity contribution in [2.75, 3.05) is 5.32 Å². The lowest BCUT2D eigenvalue weighted by molar-refractivity contribution is -0.114. The summed E-state index contributed by atoms with van der Waals surface area (Å²) in [5, 5.41) is 3.30. The predicted octanol–water partition coefficient (Wildman–Crippen LogP) is 4.23. The van der Waals surface area contributed by atoms with Gasteiger partial charge >= 0.3 is 5.92 Å². The molecule has 0 saturated heterocycles. The first-order chi connectivity index (χ1) is 13.6. The minimum Gasteiger partial charge on any atom is -0.345 e. The van der Waals surface area contributed by atoms with Crippen LogP contribution in [0.3, 0.4) is 0 Å². The number of hydrogen-bond donors (Lipinski definition) is 1. The van der Waals surface area contributed by atoms with Crippen LogP contribution < -0.4 is 5.32 Å². The van der Waals surface area contributed by atoms with E-state index in [0.717, 1.165) is 6.92 Å². The number of hydrogen-bond acceptors (Lipinski definition) is 4. The lowest BCUT2D eigenvalue weighted by Crippen LogP contribution is -2.13. The van der Waals surface area contributed by atoms with Crippen LogP contribution in [0.5, 0.6) is 0 Å². The second kappa shape index (κ2) is 6.82. The minimum absolute atomic E-state index is 0.0730. The van der Waals surface area contributed by atoms with Crippen molar-refractivity contribution in [3.05, 3.63) is 36.0 Å². The van der Waals surface area contributed by atoms with E-state index in [2.05, 4.69) is 20.3 Å². The summed E-state index contributed by atoms with van der Waals surface area (Å²) in [6.45, 7) is 4.21. The molecule has 3 heterocycles. The van der Waals surface area contributed by atoms with Gasteiger partial charge in [0.15, 0.2) is 5.82 Å². The molecule has 1 aliphatic carbocycles. The van der Waals surface area contributed by atoms with E-state index < -0.39 is 17.9 Å². The van der Waals surface area contributed by atoms with Gasteiger partial charge in [-0.2, -0.15) is 8.78 Å². The first kappa shape index (κ1) is 19.4. The Hall–Kier alpha value is -2.97. The number of carbonyl (C=O) groups is 1. The highest BCUT2D eigenvalue weighted by Crippen LogP contribution is 2.38. The van der Waals surface area contributed by atoms with Crippen molar-refractivity contribution in [2.24, 2.45) is 5.92 Å². The van der Waals surface area contributed by atoms with E-state index in [-0.39, 0.29) is 11.8 Å². The van der Waals surface area contributed by atoms with Gasteiger partial charge in [-0.25, -0.2) is 19.3 Å². The summed E-state index contributed by atoms with van der Waals surface area (Å²) in [6, 6.07) is 3.30. The lowest BCUT2D eigenvalue weighted by Gasteiger charge is -2.11. The van der Waals surface area contributed by atoms with Crippen molar-refractivity contribution in [3.8, 4) is 11.3 Å². The van der Waals surface area contributed by atoms with E-state index in [1.54, 1.807) is 31.5 Å². The van der Waals surface area contributed by atoms with Gasteiger partial charge in [0.2, 0.25) is 5.91 Å². The Balaban J connectivity index is 1.88. The zero-order valence-electron chi connectivity index (χ0n) is 16.2. The van der Waals surface area contributed by atoms with Gasteiger partial charge < -0.3 is 9.88 Å². The van der Waals surface area contributed by atoms with Gasteiger partial charge in [0.1, 0.15) is 12.0 Å². The number of pyridine rings is 1. The van der Waals surface area contributed by atoms with E-state index in [1.807, 2.05) is 4.57 Å². The minimum atomic E-state index is -3.18. The summed E-state index contributed by atoms with van der Waals surface area (Å²) >= 11 is 0. The maximum Gasteiger partial charge on any atom is 0.303 e. The lowest BCUT2D eigenvalue weighted by atomic mass is 10.1. The number of aromatic nitrogens is 4. The fraction of sp³-hybridized carbons (Fsp3) is 0.400. The molecule has 29 heavy (non-hydrogen) atoms. The molecular weight excluding hydrogens is 383 g/mol. The number of fused-ring (bicyclic) bond motifs is 1. The van der Waals surface area contributed by atoms with Crippen molar-refractivity contribution >= 4 is 22.6 Å². The largest absolute Gasteiger partial charge is 0.345 e. The molecule has 0 bridgehead atoms. The van der Waals surface area contributed by atoms with Crippen molar-refractivity contribution in [3.63, 3.8) is 0 Å². The van der Waals surface area contributed by atoms with Crippen molar-refractivity contribution in [1.82, 2.24) is 19.5 Å². The number of carbonyl (C=O) groups excluding carboxylic acids is 1. The van der Waals surface area contributed by atoms with Crippen LogP contribution in [0.4, 0.5) is 19.0 Å². The molecule has 6 nitrogen and oxygen atoms in total. The average Bonchev–Trinajstić information content (AvgIpc) is 3.19. The number of anilines is 1. The molecule has 1 saturated carbocycles. The number of aryl methyl sites for hydroxylation is 1. The summed E-state index contributed by atoms with van der Waals surface area (Å²) in [4.78, 5) is 23.6. The first-order valence-corrected chi connectivity index (χ1v) is 9.26. The van der Waals surface area contributed by atoms with Crippen LogP contribution in [0, 0.1) is 12.8 Å². The molecule has 0 radical (unpaired) electrons. The average molecular weight is 403 g/mol. The third-order valence-corrected chi connectivity index (χ3v) is 4.86. The Morgan fingerprint density at radius 3 is 2.69 bits per heavy atom. The van der Waals surface area contributed by atoms with Gasteiger partial charge in [0.05, 0.1) is 17.4 Å². The summed E-state index contributed by atoms with van der Waals surface area (Å²) in [7, 11) is 0. The number of alkyl halides is 3. The Morgan fingerprint density at radius 1 is 1.34 bits per heavy atom. The molecular formula is C20H20F3N5O. The van der Waals surface area contributed by atoms with Crippen molar-refractivity contribution < 1.29 is 18.0 Å². The second-order valence-corrected chi connectivity index (χ2v) is 7.58. The maximum absolute atomic E-state index is 13.9. The predicted molar refractivity (Wildman–Crippen MR) is 102 cm³/mol. The van der Waals surface area contributed by atoms with Crippen molar-refractivity contribution in [2.45, 2.75) is 45.8 Å². The molecule has 152 valence electrons. The Morgan fingerprint density at radius 2 is 2.07 bits per heavy atom. The van der Waals surface area contributed by atoms with Crippen LogP contribution in [0.25, 0.3) is 22.2 Å². The molecule has 1 N–H and O–H groups in total. The van der Waals surface area contributed by atoms with Gasteiger partial charge in [-0.05, 0) is 25.5 Å². The van der Waals surface area contributed by atoms with E-state index in [1.165, 1.54) is 6.92 Å². The highest BCUT2D eigenvalue weighted by Gasteiger charge is 2.38. The number of nitrogens with one attached hydrogen (secondary N) is 1. The van der Waals surface area contributed by atoms with E-state index >= 15 is 0 Å². The smallest absolute Gasteiger partial charge is 0.303 e. The number of nitrogens with zero attached hydrogens (tertiary/aromatic N) is 4. The topological polar surface area (TPSA) is 72.7 Å². The molecule has 1 amide bonds. The van der Waals surface area contributed by atoms with Crippen molar-refractivity contribution in [1.29, 1.82) is 0 Å². The third kappa shape index (κ3) is 3.94. The number of halogens is 3. The normalized spacial score (nSPS) is 18.8. The van der Waals surface area contributed by atoms with Crippen LogP contribution in [-0.2, 0) is 17.3 Å². The second-order valence-electron chi connectivity index (χ2n) is 7.58. The Bertz CT molecular complexity index is 1110. The zero-order valence-corrected chi connectivity index (χ0v) is 16.2. The van der Waals surface area contributed by atoms with Gasteiger partial charge in [0, 0.05) is 49.2 Å². The monoisotopic (exact) mass is 403 g/mol. The highest BCUT2D eigenvalue weighted by atomic mass is 19.3. The highest BCUT2D eigenvalue weighted by molar-refractivity contribution is 5.98. The molecule has 4 rings (SSSR count).